The van der Waals surface area contributed by atoms with E-state index in [0.29, 0.717) is 13.2 Å². The van der Waals surface area contributed by atoms with Gasteiger partial charge in [0.05, 0.1) is 18.5 Å². The highest BCUT2D eigenvalue weighted by atomic mass is 32.1. The van der Waals surface area contributed by atoms with E-state index in [2.05, 4.69) is 20.9 Å². The van der Waals surface area contributed by atoms with Gasteiger partial charge in [-0.3, -0.25) is 0 Å². The fourth-order valence-electron chi connectivity index (χ4n) is 2.25. The van der Waals surface area contributed by atoms with E-state index < -0.39 is 0 Å². The van der Waals surface area contributed by atoms with Crippen LogP contribution in [0.4, 0.5) is 5.82 Å². The van der Waals surface area contributed by atoms with Crippen LogP contribution in [0.25, 0.3) is 10.2 Å². The Balaban J connectivity index is 1.92. The van der Waals surface area contributed by atoms with Crippen LogP contribution in [0.5, 0.6) is 0 Å². The van der Waals surface area contributed by atoms with Gasteiger partial charge in [0.2, 0.25) is 0 Å². The second kappa shape index (κ2) is 6.24. The zero-order chi connectivity index (χ0) is 14.7. The molecule has 0 aliphatic rings. The van der Waals surface area contributed by atoms with Gasteiger partial charge in [-0.05, 0) is 30.5 Å². The summed E-state index contributed by atoms with van der Waals surface area (Å²) < 4.78 is 10.9. The van der Waals surface area contributed by atoms with E-state index in [1.54, 1.807) is 24.8 Å². The number of thiophene rings is 1. The molecule has 0 fully saturated rings. The quantitative estimate of drug-likeness (QED) is 0.699. The standard InChI is InChI=1S/C15H17N3O2S/c1-11-3-4-12(20-11)9-18(6-7-19-2)14-13-5-8-21-15(13)17-10-16-14/h3-5,8,10H,6-7,9H2,1-2H3. The first-order valence-electron chi connectivity index (χ1n) is 6.75. The van der Waals surface area contributed by atoms with Crippen molar-refractivity contribution >= 4 is 27.4 Å². The van der Waals surface area contributed by atoms with Crippen LogP contribution in [-0.4, -0.2) is 30.2 Å². The second-order valence-electron chi connectivity index (χ2n) is 4.76. The van der Waals surface area contributed by atoms with Crippen LogP contribution in [0.1, 0.15) is 11.5 Å². The molecule has 0 bridgehead atoms. The number of nitrogens with zero attached hydrogens (tertiary/aromatic N) is 3. The number of hydrogen-bond acceptors (Lipinski definition) is 6. The van der Waals surface area contributed by atoms with Gasteiger partial charge in [0, 0.05) is 13.7 Å². The van der Waals surface area contributed by atoms with Crippen molar-refractivity contribution in [2.45, 2.75) is 13.5 Å². The van der Waals surface area contributed by atoms with Crippen LogP contribution < -0.4 is 4.90 Å². The van der Waals surface area contributed by atoms with Crippen molar-refractivity contribution in [3.63, 3.8) is 0 Å². The van der Waals surface area contributed by atoms with Gasteiger partial charge in [-0.15, -0.1) is 11.3 Å². The highest BCUT2D eigenvalue weighted by molar-refractivity contribution is 7.16. The zero-order valence-corrected chi connectivity index (χ0v) is 12.9. The molecule has 3 heterocycles. The highest BCUT2D eigenvalue weighted by Crippen LogP contribution is 2.27. The highest BCUT2D eigenvalue weighted by Gasteiger charge is 2.15. The van der Waals surface area contributed by atoms with Crippen molar-refractivity contribution in [3.05, 3.63) is 41.4 Å². The number of fused-ring (bicyclic) bond motifs is 1. The second-order valence-corrected chi connectivity index (χ2v) is 5.66. The minimum absolute atomic E-state index is 0.634. The van der Waals surface area contributed by atoms with Crippen LogP contribution in [0.3, 0.4) is 0 Å². The lowest BCUT2D eigenvalue weighted by Gasteiger charge is -2.22. The fraction of sp³-hybridized carbons (Fsp3) is 0.333. The van der Waals surface area contributed by atoms with Crippen molar-refractivity contribution in [2.24, 2.45) is 0 Å². The summed E-state index contributed by atoms with van der Waals surface area (Å²) in [6, 6.07) is 6.04. The molecule has 21 heavy (non-hydrogen) atoms. The Kier molecular flexibility index (Phi) is 4.17. The molecule has 0 atom stereocenters. The van der Waals surface area contributed by atoms with E-state index >= 15 is 0 Å². The monoisotopic (exact) mass is 303 g/mol. The Labute approximate surface area is 127 Å². The molecule has 0 spiro atoms. The summed E-state index contributed by atoms with van der Waals surface area (Å²) in [5.41, 5.74) is 0. The van der Waals surface area contributed by atoms with E-state index in [1.165, 1.54) is 0 Å². The van der Waals surface area contributed by atoms with Gasteiger partial charge in [0.15, 0.2) is 0 Å². The van der Waals surface area contributed by atoms with Crippen molar-refractivity contribution < 1.29 is 9.15 Å². The van der Waals surface area contributed by atoms with Crippen LogP contribution in [0.2, 0.25) is 0 Å². The van der Waals surface area contributed by atoms with Crippen molar-refractivity contribution in [1.29, 1.82) is 0 Å². The third kappa shape index (κ3) is 3.06. The summed E-state index contributed by atoms with van der Waals surface area (Å²) >= 11 is 1.62. The van der Waals surface area contributed by atoms with E-state index in [9.17, 15) is 0 Å². The largest absolute Gasteiger partial charge is 0.464 e. The topological polar surface area (TPSA) is 51.4 Å². The van der Waals surface area contributed by atoms with Gasteiger partial charge in [-0.25, -0.2) is 9.97 Å². The minimum atomic E-state index is 0.634. The third-order valence-electron chi connectivity index (χ3n) is 3.25. The predicted octanol–water partition coefficient (Wildman–Crippen LogP) is 3.25. The minimum Gasteiger partial charge on any atom is -0.464 e. The van der Waals surface area contributed by atoms with Gasteiger partial charge in [-0.2, -0.15) is 0 Å². The molecule has 0 N–H and O–H groups in total. The van der Waals surface area contributed by atoms with Crippen LogP contribution in [-0.2, 0) is 11.3 Å². The molecule has 0 amide bonds. The Morgan fingerprint density at radius 2 is 2.19 bits per heavy atom. The van der Waals surface area contributed by atoms with Crippen molar-refractivity contribution in [3.8, 4) is 0 Å². The molecule has 0 aromatic carbocycles. The molecule has 0 radical (unpaired) electrons. The summed E-state index contributed by atoms with van der Waals surface area (Å²) in [5, 5.41) is 3.11. The number of rotatable bonds is 6. The summed E-state index contributed by atoms with van der Waals surface area (Å²) in [6.45, 7) is 4.00. The Morgan fingerprint density at radius 1 is 1.29 bits per heavy atom. The molecule has 3 aromatic rings. The number of aryl methyl sites for hydroxylation is 1. The molecule has 0 saturated heterocycles. The third-order valence-corrected chi connectivity index (χ3v) is 4.07. The lowest BCUT2D eigenvalue weighted by atomic mass is 10.3. The van der Waals surface area contributed by atoms with E-state index in [-0.39, 0.29) is 0 Å². The summed E-state index contributed by atoms with van der Waals surface area (Å²) in [4.78, 5) is 11.9. The summed E-state index contributed by atoms with van der Waals surface area (Å²) in [5.74, 6) is 2.76. The van der Waals surface area contributed by atoms with Crippen molar-refractivity contribution in [1.82, 2.24) is 9.97 Å². The molecule has 5 nitrogen and oxygen atoms in total. The molecule has 0 aliphatic carbocycles. The maximum atomic E-state index is 5.69. The molecule has 0 saturated carbocycles. The van der Waals surface area contributed by atoms with Gasteiger partial charge >= 0.3 is 0 Å². The normalized spacial score (nSPS) is 11.1. The maximum absolute atomic E-state index is 5.69. The molecule has 3 rings (SSSR count). The van der Waals surface area contributed by atoms with E-state index in [1.807, 2.05) is 24.4 Å². The molecular formula is C15H17N3O2S. The average molecular weight is 303 g/mol. The van der Waals surface area contributed by atoms with Gasteiger partial charge in [-0.1, -0.05) is 0 Å². The van der Waals surface area contributed by atoms with Gasteiger partial charge < -0.3 is 14.1 Å². The average Bonchev–Trinajstić information content (AvgIpc) is 3.11. The number of anilines is 1. The lowest BCUT2D eigenvalue weighted by Crippen LogP contribution is -2.27. The number of ether oxygens (including phenoxy) is 1. The Hall–Kier alpha value is -1.92. The number of furan rings is 1. The molecule has 0 aliphatic heterocycles. The summed E-state index contributed by atoms with van der Waals surface area (Å²) in [6.07, 6.45) is 1.61. The number of methoxy groups -OCH3 is 1. The molecule has 0 unspecified atom stereocenters. The van der Waals surface area contributed by atoms with Crippen LogP contribution >= 0.6 is 11.3 Å². The van der Waals surface area contributed by atoms with Crippen LogP contribution in [0.15, 0.2) is 34.3 Å². The first kappa shape index (κ1) is 14.0. The van der Waals surface area contributed by atoms with E-state index in [4.69, 9.17) is 9.15 Å². The smallest absolute Gasteiger partial charge is 0.141 e. The lowest BCUT2D eigenvalue weighted by molar-refractivity contribution is 0.204. The maximum Gasteiger partial charge on any atom is 0.141 e. The molecular weight excluding hydrogens is 286 g/mol. The predicted molar refractivity (Wildman–Crippen MR) is 83.8 cm³/mol. The van der Waals surface area contributed by atoms with Gasteiger partial charge in [0.25, 0.3) is 0 Å². The first-order chi connectivity index (χ1) is 10.3. The number of aromatic nitrogens is 2. The van der Waals surface area contributed by atoms with E-state index in [0.717, 1.165) is 34.1 Å². The van der Waals surface area contributed by atoms with Crippen molar-refractivity contribution in [2.75, 3.05) is 25.2 Å². The Morgan fingerprint density at radius 3 is 2.95 bits per heavy atom. The fourth-order valence-corrected chi connectivity index (χ4v) is 2.98. The Bertz CT molecular complexity index is 722. The SMILES string of the molecule is COCCN(Cc1ccc(C)o1)c1ncnc2sccc12. The zero-order valence-electron chi connectivity index (χ0n) is 12.1. The molecule has 6 heteroatoms. The van der Waals surface area contributed by atoms with Crippen LogP contribution in [0, 0.1) is 6.92 Å². The first-order valence-corrected chi connectivity index (χ1v) is 7.63. The summed E-state index contributed by atoms with van der Waals surface area (Å²) in [7, 11) is 1.70. The molecule has 3 aromatic heterocycles. The number of hydrogen-bond donors (Lipinski definition) is 0. The van der Waals surface area contributed by atoms with Gasteiger partial charge in [0.1, 0.15) is 28.5 Å². The molecule has 110 valence electrons.